The summed E-state index contributed by atoms with van der Waals surface area (Å²) in [5.41, 5.74) is 9.44. The lowest BCUT2D eigenvalue weighted by molar-refractivity contribution is -0.0280. The van der Waals surface area contributed by atoms with Crippen molar-refractivity contribution in [2.24, 2.45) is 11.8 Å². The third-order valence-corrected chi connectivity index (χ3v) is 13.3. The van der Waals surface area contributed by atoms with Gasteiger partial charge in [-0.3, -0.25) is 0 Å². The minimum atomic E-state index is 0.182. The van der Waals surface area contributed by atoms with Gasteiger partial charge < -0.3 is 0 Å². The molecule has 0 radical (unpaired) electrons. The molecule has 4 bridgehead atoms. The molecule has 4 nitrogen and oxygen atoms in total. The van der Waals surface area contributed by atoms with Gasteiger partial charge in [-0.2, -0.15) is 5.26 Å². The Balaban J connectivity index is 0.923. The van der Waals surface area contributed by atoms with Crippen molar-refractivity contribution in [1.82, 2.24) is 15.0 Å². The molecule has 0 saturated heterocycles. The van der Waals surface area contributed by atoms with Gasteiger partial charge in [0.25, 0.3) is 0 Å². The van der Waals surface area contributed by atoms with Crippen LogP contribution in [0.1, 0.15) is 55.2 Å². The Hall–Kier alpha value is -6.44. The maximum absolute atomic E-state index is 9.71. The van der Waals surface area contributed by atoms with Crippen LogP contribution in [0.2, 0.25) is 0 Å². The van der Waals surface area contributed by atoms with E-state index in [1.807, 2.05) is 48.5 Å². The zero-order chi connectivity index (χ0) is 37.3. The van der Waals surface area contributed by atoms with Crippen LogP contribution in [0.5, 0.6) is 0 Å². The first-order chi connectivity index (χ1) is 27.5. The highest BCUT2D eigenvalue weighted by Gasteiger charge is 2.58. The number of rotatable bonds is 6. The Morgan fingerprint density at radius 1 is 0.464 bits per heavy atom. The highest BCUT2D eigenvalue weighted by atomic mass is 15.0. The van der Waals surface area contributed by atoms with Crippen LogP contribution in [0, 0.1) is 23.2 Å². The number of hydrogen-bond acceptors (Lipinski definition) is 4. The van der Waals surface area contributed by atoms with E-state index in [2.05, 4.69) is 115 Å². The fraction of sp³-hybridized carbons (Fsp3) is 0.192. The highest BCUT2D eigenvalue weighted by Crippen LogP contribution is 2.66. The quantitative estimate of drug-likeness (QED) is 0.172. The minimum Gasteiger partial charge on any atom is -0.208 e. The standard InChI is InChI=1S/C52H40N4/c53-32-42-13-7-16-47-45(14-8-15-46(42)47)41-18-17-40-27-44(24-21-39(40)26-41)52-30-34-25-35(31-52)29-51(28-34,33-52)43-22-19-38(20-23-43)50-55-48(36-9-3-1-4-10-36)54-49(56-50)37-11-5-2-6-12-37/h1-24,26-27,34-35H,25,28-31,33H2. The molecule has 0 N–H and O–H groups in total. The summed E-state index contributed by atoms with van der Waals surface area (Å²) < 4.78 is 0. The summed E-state index contributed by atoms with van der Waals surface area (Å²) in [7, 11) is 0. The summed E-state index contributed by atoms with van der Waals surface area (Å²) in [6.45, 7) is 0. The van der Waals surface area contributed by atoms with Gasteiger partial charge in [0.05, 0.1) is 11.6 Å². The highest BCUT2D eigenvalue weighted by molar-refractivity contribution is 6.01. The van der Waals surface area contributed by atoms with E-state index in [1.54, 1.807) is 0 Å². The summed E-state index contributed by atoms with van der Waals surface area (Å²) in [5.74, 6) is 3.60. The monoisotopic (exact) mass is 720 g/mol. The van der Waals surface area contributed by atoms with E-state index in [1.165, 1.54) is 71.6 Å². The van der Waals surface area contributed by atoms with E-state index in [4.69, 9.17) is 15.0 Å². The fourth-order valence-corrected chi connectivity index (χ4v) is 11.3. The van der Waals surface area contributed by atoms with Gasteiger partial charge in [0.2, 0.25) is 0 Å². The molecule has 1 heterocycles. The van der Waals surface area contributed by atoms with Crippen LogP contribution in [0.3, 0.4) is 0 Å². The van der Waals surface area contributed by atoms with Gasteiger partial charge in [0.1, 0.15) is 0 Å². The Kier molecular flexibility index (Phi) is 7.54. The molecule has 268 valence electrons. The van der Waals surface area contributed by atoms with Crippen LogP contribution >= 0.6 is 0 Å². The Morgan fingerprint density at radius 3 is 1.62 bits per heavy atom. The van der Waals surface area contributed by atoms with Crippen molar-refractivity contribution < 1.29 is 0 Å². The van der Waals surface area contributed by atoms with Crippen LogP contribution < -0.4 is 0 Å². The topological polar surface area (TPSA) is 62.5 Å². The Morgan fingerprint density at radius 2 is 0.982 bits per heavy atom. The van der Waals surface area contributed by atoms with Gasteiger partial charge in [0, 0.05) is 22.1 Å². The second kappa shape index (κ2) is 12.8. The summed E-state index contributed by atoms with van der Waals surface area (Å²) in [5, 5.41) is 14.4. The Bertz CT molecular complexity index is 2770. The predicted octanol–water partition coefficient (Wildman–Crippen LogP) is 12.5. The third kappa shape index (κ3) is 5.45. The van der Waals surface area contributed by atoms with Crippen molar-refractivity contribution in [3.63, 3.8) is 0 Å². The van der Waals surface area contributed by atoms with Crippen LogP contribution in [-0.4, -0.2) is 15.0 Å². The lowest BCUT2D eigenvalue weighted by Crippen LogP contribution is -2.55. The van der Waals surface area contributed by atoms with E-state index in [-0.39, 0.29) is 10.8 Å². The number of aromatic nitrogens is 3. The third-order valence-electron chi connectivity index (χ3n) is 13.3. The molecule has 4 saturated carbocycles. The molecule has 0 spiro atoms. The lowest BCUT2D eigenvalue weighted by Gasteiger charge is -2.63. The zero-order valence-corrected chi connectivity index (χ0v) is 31.2. The summed E-state index contributed by atoms with van der Waals surface area (Å²) in [6, 6.07) is 58.6. The second-order valence-corrected chi connectivity index (χ2v) is 16.7. The average molecular weight is 721 g/mol. The average Bonchev–Trinajstić information content (AvgIpc) is 3.25. The van der Waals surface area contributed by atoms with Gasteiger partial charge in [-0.15, -0.1) is 0 Å². The van der Waals surface area contributed by atoms with E-state index in [0.717, 1.165) is 44.9 Å². The van der Waals surface area contributed by atoms with Crippen molar-refractivity contribution in [3.05, 3.63) is 174 Å². The molecule has 7 aromatic carbocycles. The molecule has 4 aliphatic rings. The molecule has 12 rings (SSSR count). The minimum absolute atomic E-state index is 0.182. The molecule has 4 fully saturated rings. The summed E-state index contributed by atoms with van der Waals surface area (Å²) in [4.78, 5) is 14.9. The van der Waals surface area contributed by atoms with Crippen molar-refractivity contribution in [1.29, 1.82) is 5.26 Å². The van der Waals surface area contributed by atoms with Crippen LogP contribution in [0.4, 0.5) is 0 Å². The van der Waals surface area contributed by atoms with Gasteiger partial charge in [-0.25, -0.2) is 15.0 Å². The first kappa shape index (κ1) is 32.9. The largest absolute Gasteiger partial charge is 0.208 e. The van der Waals surface area contributed by atoms with Gasteiger partial charge in [-0.1, -0.05) is 146 Å². The number of hydrogen-bond donors (Lipinski definition) is 0. The van der Waals surface area contributed by atoms with E-state index >= 15 is 0 Å². The van der Waals surface area contributed by atoms with Crippen molar-refractivity contribution >= 4 is 21.5 Å². The molecule has 0 amide bonds. The maximum Gasteiger partial charge on any atom is 0.164 e. The molecule has 2 unspecified atom stereocenters. The number of fused-ring (bicyclic) bond motifs is 2. The molecule has 56 heavy (non-hydrogen) atoms. The zero-order valence-electron chi connectivity index (χ0n) is 31.2. The summed E-state index contributed by atoms with van der Waals surface area (Å²) >= 11 is 0. The second-order valence-electron chi connectivity index (χ2n) is 16.7. The van der Waals surface area contributed by atoms with Gasteiger partial charge in [-0.05, 0) is 112 Å². The molecular weight excluding hydrogens is 681 g/mol. The van der Waals surface area contributed by atoms with E-state index < -0.39 is 0 Å². The SMILES string of the molecule is N#Cc1cccc2c(-c3ccc4cc(C56CC7CC(CC(c8ccc(-c9nc(-c%10ccccc%10)nc(-c%10ccccc%10)n9)cc8)(C7)C5)C6)ccc4c3)cccc12. The van der Waals surface area contributed by atoms with Gasteiger partial charge in [0.15, 0.2) is 17.5 Å². The molecule has 2 atom stereocenters. The van der Waals surface area contributed by atoms with E-state index in [9.17, 15) is 5.26 Å². The number of nitrogens with zero attached hydrogens (tertiary/aromatic N) is 4. The molecule has 1 aromatic heterocycles. The maximum atomic E-state index is 9.71. The smallest absolute Gasteiger partial charge is 0.164 e. The van der Waals surface area contributed by atoms with Crippen LogP contribution in [-0.2, 0) is 10.8 Å². The van der Waals surface area contributed by atoms with Crippen LogP contribution in [0.15, 0.2) is 158 Å². The van der Waals surface area contributed by atoms with Gasteiger partial charge >= 0.3 is 0 Å². The number of nitriles is 1. The Labute approximate surface area is 327 Å². The molecule has 8 aromatic rings. The van der Waals surface area contributed by atoms with Crippen molar-refractivity contribution in [2.75, 3.05) is 0 Å². The fourth-order valence-electron chi connectivity index (χ4n) is 11.3. The van der Waals surface area contributed by atoms with E-state index in [0.29, 0.717) is 17.5 Å². The number of benzene rings is 7. The summed E-state index contributed by atoms with van der Waals surface area (Å²) in [6.07, 6.45) is 7.71. The lowest BCUT2D eigenvalue weighted by atomic mass is 9.41. The molecule has 0 aliphatic heterocycles. The normalized spacial score (nSPS) is 22.3. The van der Waals surface area contributed by atoms with Crippen molar-refractivity contribution in [3.8, 4) is 51.4 Å². The van der Waals surface area contributed by atoms with Crippen molar-refractivity contribution in [2.45, 2.75) is 49.4 Å². The predicted molar refractivity (Wildman–Crippen MR) is 226 cm³/mol. The molecule has 4 heteroatoms. The first-order valence-electron chi connectivity index (χ1n) is 20.0. The molecular formula is C52H40N4. The molecule has 4 aliphatic carbocycles. The van der Waals surface area contributed by atoms with Crippen LogP contribution in [0.25, 0.3) is 66.8 Å². The first-order valence-corrected chi connectivity index (χ1v) is 20.0.